The molecule has 1 unspecified atom stereocenters. The molecule has 0 aliphatic carbocycles. The van der Waals surface area contributed by atoms with Gasteiger partial charge >= 0.3 is 0 Å². The Morgan fingerprint density at radius 1 is 1.25 bits per heavy atom. The fourth-order valence-electron chi connectivity index (χ4n) is 2.17. The van der Waals surface area contributed by atoms with Crippen LogP contribution in [0.2, 0.25) is 0 Å². The lowest BCUT2D eigenvalue weighted by molar-refractivity contribution is -0.121. The predicted molar refractivity (Wildman–Crippen MR) is 88.4 cm³/mol. The first kappa shape index (κ1) is 17.4. The molecule has 3 N–H and O–H groups in total. The lowest BCUT2D eigenvalue weighted by Gasteiger charge is -2.14. The minimum Gasteiger partial charge on any atom is -0.494 e. The van der Waals surface area contributed by atoms with Gasteiger partial charge in [0.2, 0.25) is 5.91 Å². The van der Waals surface area contributed by atoms with Gasteiger partial charge in [-0.3, -0.25) is 14.6 Å². The average molecular weight is 328 g/mol. The summed E-state index contributed by atoms with van der Waals surface area (Å²) < 4.78 is 5.38. The number of ether oxygens (including phenoxy) is 1. The number of primary amides is 1. The second kappa shape index (κ2) is 8.61. The Hall–Kier alpha value is -2.96. The third kappa shape index (κ3) is 5.05. The fourth-order valence-corrected chi connectivity index (χ4v) is 2.17. The molecule has 7 heteroatoms. The van der Waals surface area contributed by atoms with Gasteiger partial charge in [0.25, 0.3) is 5.91 Å². The van der Waals surface area contributed by atoms with Crippen LogP contribution < -0.4 is 15.8 Å². The molecule has 1 heterocycles. The van der Waals surface area contributed by atoms with Crippen LogP contribution in [0.25, 0.3) is 0 Å². The average Bonchev–Trinajstić information content (AvgIpc) is 2.60. The van der Waals surface area contributed by atoms with Crippen molar-refractivity contribution in [1.29, 1.82) is 0 Å². The first-order valence-electron chi connectivity index (χ1n) is 7.65. The van der Waals surface area contributed by atoms with Crippen molar-refractivity contribution in [2.75, 3.05) is 13.2 Å². The predicted octanol–water partition coefficient (Wildman–Crippen LogP) is 0.949. The highest BCUT2D eigenvalue weighted by atomic mass is 16.5. The van der Waals surface area contributed by atoms with Crippen LogP contribution in [-0.4, -0.2) is 34.9 Å². The van der Waals surface area contributed by atoms with Gasteiger partial charge in [-0.15, -0.1) is 0 Å². The molecule has 2 aromatic rings. The van der Waals surface area contributed by atoms with E-state index in [1.54, 1.807) is 0 Å². The van der Waals surface area contributed by atoms with Crippen molar-refractivity contribution >= 4 is 11.8 Å². The van der Waals surface area contributed by atoms with E-state index in [-0.39, 0.29) is 18.1 Å². The minimum absolute atomic E-state index is 0.137. The van der Waals surface area contributed by atoms with Crippen molar-refractivity contribution in [3.63, 3.8) is 0 Å². The number of nitrogens with one attached hydrogen (secondary N) is 1. The summed E-state index contributed by atoms with van der Waals surface area (Å²) in [5.74, 6) is -0.597. The summed E-state index contributed by atoms with van der Waals surface area (Å²) in [5, 5.41) is 2.67. The monoisotopic (exact) mass is 328 g/mol. The molecule has 0 saturated carbocycles. The van der Waals surface area contributed by atoms with Crippen molar-refractivity contribution in [3.8, 4) is 5.75 Å². The highest BCUT2D eigenvalue weighted by Crippen LogP contribution is 2.15. The molecule has 1 aromatic heterocycles. The van der Waals surface area contributed by atoms with Crippen molar-refractivity contribution in [3.05, 3.63) is 54.1 Å². The van der Waals surface area contributed by atoms with E-state index in [1.807, 2.05) is 31.2 Å². The summed E-state index contributed by atoms with van der Waals surface area (Å²) in [6.07, 6.45) is 4.71. The Balaban J connectivity index is 1.94. The Labute approximate surface area is 140 Å². The third-order valence-electron chi connectivity index (χ3n) is 3.42. The topological polar surface area (TPSA) is 107 Å². The zero-order chi connectivity index (χ0) is 17.4. The van der Waals surface area contributed by atoms with Crippen LogP contribution >= 0.6 is 0 Å². The molecule has 0 aliphatic rings. The summed E-state index contributed by atoms with van der Waals surface area (Å²) >= 11 is 0. The van der Waals surface area contributed by atoms with Gasteiger partial charge in [-0.25, -0.2) is 4.98 Å². The van der Waals surface area contributed by atoms with Gasteiger partial charge in [0.1, 0.15) is 11.4 Å². The molecule has 2 amide bonds. The Morgan fingerprint density at radius 3 is 2.58 bits per heavy atom. The number of nitrogens with two attached hydrogens (primary N) is 1. The first-order valence-corrected chi connectivity index (χ1v) is 7.65. The molecule has 7 nitrogen and oxygen atoms in total. The molecule has 0 saturated heterocycles. The van der Waals surface area contributed by atoms with E-state index in [2.05, 4.69) is 15.3 Å². The summed E-state index contributed by atoms with van der Waals surface area (Å²) in [6.45, 7) is 2.65. The summed E-state index contributed by atoms with van der Waals surface area (Å²) in [5.41, 5.74) is 6.58. The Morgan fingerprint density at radius 2 is 2.00 bits per heavy atom. The molecule has 0 bridgehead atoms. The van der Waals surface area contributed by atoms with Crippen LogP contribution in [0.1, 0.15) is 23.0 Å². The molecule has 1 atom stereocenters. The Kier molecular flexibility index (Phi) is 6.24. The number of hydrogen-bond donors (Lipinski definition) is 2. The number of nitrogens with zero attached hydrogens (tertiary/aromatic N) is 2. The lowest BCUT2D eigenvalue weighted by Crippen LogP contribution is -2.37. The van der Waals surface area contributed by atoms with Gasteiger partial charge in [0.15, 0.2) is 0 Å². The molecule has 24 heavy (non-hydrogen) atoms. The third-order valence-corrected chi connectivity index (χ3v) is 3.42. The van der Waals surface area contributed by atoms with E-state index in [0.717, 1.165) is 11.3 Å². The van der Waals surface area contributed by atoms with Gasteiger partial charge in [-0.2, -0.15) is 0 Å². The second-order valence-electron chi connectivity index (χ2n) is 5.18. The standard InChI is InChI=1S/C17H20N4O3/c1-2-24-14-5-3-12(4-6-14)9-13(16(18)22)10-21-17(23)15-11-19-7-8-20-15/h3-8,11,13H,2,9-10H2,1H3,(H2,18,22)(H,21,23). The van der Waals surface area contributed by atoms with Gasteiger partial charge in [-0.1, -0.05) is 12.1 Å². The molecule has 2 rings (SSSR count). The van der Waals surface area contributed by atoms with E-state index in [0.29, 0.717) is 13.0 Å². The van der Waals surface area contributed by atoms with Crippen LogP contribution in [-0.2, 0) is 11.2 Å². The number of amides is 2. The van der Waals surface area contributed by atoms with Crippen LogP contribution in [0.15, 0.2) is 42.9 Å². The molecule has 0 fully saturated rings. The number of hydrogen-bond acceptors (Lipinski definition) is 5. The van der Waals surface area contributed by atoms with Gasteiger partial charge in [0.05, 0.1) is 18.7 Å². The lowest BCUT2D eigenvalue weighted by atomic mass is 9.98. The second-order valence-corrected chi connectivity index (χ2v) is 5.18. The number of carbonyl (C=O) groups is 2. The van der Waals surface area contributed by atoms with E-state index >= 15 is 0 Å². The Bertz CT molecular complexity index is 674. The number of carbonyl (C=O) groups excluding carboxylic acids is 2. The molecule has 0 radical (unpaired) electrons. The van der Waals surface area contributed by atoms with E-state index in [1.165, 1.54) is 18.6 Å². The normalized spacial score (nSPS) is 11.5. The zero-order valence-corrected chi connectivity index (χ0v) is 13.4. The SMILES string of the molecule is CCOc1ccc(CC(CNC(=O)c2cnccn2)C(N)=O)cc1. The summed E-state index contributed by atoms with van der Waals surface area (Å²) in [6, 6.07) is 7.45. The molecule has 0 spiro atoms. The number of benzene rings is 1. The van der Waals surface area contributed by atoms with Gasteiger partial charge < -0.3 is 15.8 Å². The van der Waals surface area contributed by atoms with Crippen LogP contribution in [0.5, 0.6) is 5.75 Å². The molecular weight excluding hydrogens is 308 g/mol. The summed E-state index contributed by atoms with van der Waals surface area (Å²) in [4.78, 5) is 31.3. The van der Waals surface area contributed by atoms with E-state index in [4.69, 9.17) is 10.5 Å². The first-order chi connectivity index (χ1) is 11.6. The molecule has 0 aliphatic heterocycles. The highest BCUT2D eigenvalue weighted by Gasteiger charge is 2.18. The van der Waals surface area contributed by atoms with Crippen LogP contribution in [0.4, 0.5) is 0 Å². The van der Waals surface area contributed by atoms with Crippen LogP contribution in [0.3, 0.4) is 0 Å². The van der Waals surface area contributed by atoms with E-state index in [9.17, 15) is 9.59 Å². The van der Waals surface area contributed by atoms with Crippen LogP contribution in [0, 0.1) is 5.92 Å². The van der Waals surface area contributed by atoms with E-state index < -0.39 is 11.8 Å². The van der Waals surface area contributed by atoms with Crippen molar-refractivity contribution in [2.24, 2.45) is 11.7 Å². The molecule has 1 aromatic carbocycles. The summed E-state index contributed by atoms with van der Waals surface area (Å²) in [7, 11) is 0. The molecular formula is C17H20N4O3. The number of rotatable bonds is 8. The number of aromatic nitrogens is 2. The smallest absolute Gasteiger partial charge is 0.271 e. The maximum absolute atomic E-state index is 12.0. The van der Waals surface area contributed by atoms with Gasteiger partial charge in [0, 0.05) is 18.9 Å². The van der Waals surface area contributed by atoms with Crippen molar-refractivity contribution in [2.45, 2.75) is 13.3 Å². The van der Waals surface area contributed by atoms with Crippen molar-refractivity contribution in [1.82, 2.24) is 15.3 Å². The maximum Gasteiger partial charge on any atom is 0.271 e. The maximum atomic E-state index is 12.0. The minimum atomic E-state index is -0.511. The zero-order valence-electron chi connectivity index (χ0n) is 13.4. The fraction of sp³-hybridized carbons (Fsp3) is 0.294. The van der Waals surface area contributed by atoms with Crippen molar-refractivity contribution < 1.29 is 14.3 Å². The molecule has 126 valence electrons. The quantitative estimate of drug-likeness (QED) is 0.750. The largest absolute Gasteiger partial charge is 0.494 e. The van der Waals surface area contributed by atoms with Gasteiger partial charge in [-0.05, 0) is 31.0 Å². The highest BCUT2D eigenvalue weighted by molar-refractivity contribution is 5.92.